The maximum atomic E-state index is 12.9. The molecule has 2 N–H and O–H groups in total. The molecule has 0 aliphatic carbocycles. The lowest BCUT2D eigenvalue weighted by Gasteiger charge is -2.06. The smallest absolute Gasteiger partial charge is 0.257 e. The summed E-state index contributed by atoms with van der Waals surface area (Å²) in [6.07, 6.45) is 1.28. The summed E-state index contributed by atoms with van der Waals surface area (Å²) in [5.74, 6) is -0.792. The highest BCUT2D eigenvalue weighted by Crippen LogP contribution is 2.10. The number of benzene rings is 2. The fourth-order valence-corrected chi connectivity index (χ4v) is 2.23. The summed E-state index contributed by atoms with van der Waals surface area (Å²) >= 11 is 0. The fraction of sp³-hybridized carbons (Fsp3) is 0.0526. The average molecular weight is 337 g/mol. The Morgan fingerprint density at radius 2 is 1.76 bits per heavy atom. The molecule has 0 saturated carbocycles. The van der Waals surface area contributed by atoms with Crippen LogP contribution >= 0.6 is 0 Å². The Bertz CT molecular complexity index is 935. The largest absolute Gasteiger partial charge is 0.427 e. The molecule has 5 nitrogen and oxygen atoms in total. The zero-order valence-corrected chi connectivity index (χ0v) is 13.3. The standard InChI is InChI=1S/C19H16FN3O2/c20-16-7-9-17(10-8-16)22-19(24)15-6-11-18(23(25)13-15)21-12-14-4-2-1-3-5-14/h1-11,13,25H,12H2,(H,22,24). The zero-order valence-electron chi connectivity index (χ0n) is 13.3. The van der Waals surface area contributed by atoms with Crippen LogP contribution in [0.4, 0.5) is 10.1 Å². The Kier molecular flexibility index (Phi) is 4.89. The first-order chi connectivity index (χ1) is 12.1. The van der Waals surface area contributed by atoms with E-state index in [1.807, 2.05) is 30.3 Å². The number of anilines is 1. The van der Waals surface area contributed by atoms with Crippen LogP contribution in [0.3, 0.4) is 0 Å². The maximum Gasteiger partial charge on any atom is 0.257 e. The minimum atomic E-state index is -0.413. The van der Waals surface area contributed by atoms with Crippen molar-refractivity contribution in [2.24, 2.45) is 4.99 Å². The van der Waals surface area contributed by atoms with Gasteiger partial charge in [0.25, 0.3) is 5.91 Å². The summed E-state index contributed by atoms with van der Waals surface area (Å²) in [5.41, 5.74) is 2.07. The minimum absolute atomic E-state index is 0.255. The molecule has 0 bridgehead atoms. The molecule has 0 saturated heterocycles. The number of hydrogen-bond donors (Lipinski definition) is 2. The molecule has 126 valence electrons. The molecule has 3 aromatic rings. The van der Waals surface area contributed by atoms with E-state index in [0.717, 1.165) is 10.3 Å². The zero-order chi connectivity index (χ0) is 17.6. The molecule has 0 aliphatic rings. The molecule has 0 atom stereocenters. The second kappa shape index (κ2) is 7.44. The Morgan fingerprint density at radius 3 is 2.44 bits per heavy atom. The van der Waals surface area contributed by atoms with E-state index in [1.54, 1.807) is 12.1 Å². The van der Waals surface area contributed by atoms with Crippen molar-refractivity contribution in [2.45, 2.75) is 6.54 Å². The van der Waals surface area contributed by atoms with E-state index in [1.165, 1.54) is 30.5 Å². The number of nitrogens with zero attached hydrogens (tertiary/aromatic N) is 2. The summed E-state index contributed by atoms with van der Waals surface area (Å²) in [7, 11) is 0. The number of rotatable bonds is 4. The Morgan fingerprint density at radius 1 is 1.04 bits per heavy atom. The molecule has 0 radical (unpaired) electrons. The summed E-state index contributed by atoms with van der Waals surface area (Å²) in [6, 6.07) is 18.2. The first-order valence-corrected chi connectivity index (χ1v) is 7.65. The van der Waals surface area contributed by atoms with Gasteiger partial charge in [0.1, 0.15) is 5.82 Å². The SMILES string of the molecule is O=C(Nc1ccc(F)cc1)c1ccc(=NCc2ccccc2)n(O)c1. The number of hydrogen-bond acceptors (Lipinski definition) is 3. The molecule has 6 heteroatoms. The lowest BCUT2D eigenvalue weighted by Crippen LogP contribution is -2.21. The number of pyridine rings is 1. The maximum absolute atomic E-state index is 12.9. The molecular weight excluding hydrogens is 321 g/mol. The highest BCUT2D eigenvalue weighted by Gasteiger charge is 2.07. The molecule has 1 amide bonds. The van der Waals surface area contributed by atoms with Gasteiger partial charge >= 0.3 is 0 Å². The number of carbonyl (C=O) groups excluding carboxylic acids is 1. The first-order valence-electron chi connectivity index (χ1n) is 7.65. The molecule has 0 fully saturated rings. The molecule has 1 heterocycles. The number of halogens is 1. The van der Waals surface area contributed by atoms with Gasteiger partial charge in [-0.25, -0.2) is 4.39 Å². The van der Waals surface area contributed by atoms with E-state index in [0.29, 0.717) is 17.7 Å². The van der Waals surface area contributed by atoms with Crippen LogP contribution in [0, 0.1) is 5.82 Å². The van der Waals surface area contributed by atoms with Gasteiger partial charge in [0.2, 0.25) is 0 Å². The molecule has 0 unspecified atom stereocenters. The summed E-state index contributed by atoms with van der Waals surface area (Å²) < 4.78 is 13.7. The van der Waals surface area contributed by atoms with Crippen molar-refractivity contribution in [2.75, 3.05) is 5.32 Å². The van der Waals surface area contributed by atoms with Crippen LogP contribution in [0.1, 0.15) is 15.9 Å². The lowest BCUT2D eigenvalue weighted by molar-refractivity contribution is 0.102. The molecule has 25 heavy (non-hydrogen) atoms. The van der Waals surface area contributed by atoms with E-state index < -0.39 is 5.91 Å². The van der Waals surface area contributed by atoms with Crippen LogP contribution in [0.25, 0.3) is 0 Å². The van der Waals surface area contributed by atoms with Crippen molar-refractivity contribution in [3.05, 3.63) is 95.4 Å². The van der Waals surface area contributed by atoms with Crippen LogP contribution in [0.15, 0.2) is 77.9 Å². The highest BCUT2D eigenvalue weighted by atomic mass is 19.1. The normalized spacial score (nSPS) is 11.3. The van der Waals surface area contributed by atoms with Crippen molar-refractivity contribution >= 4 is 11.6 Å². The van der Waals surface area contributed by atoms with Gasteiger partial charge in [-0.15, -0.1) is 0 Å². The van der Waals surface area contributed by atoms with Crippen LogP contribution in [0.5, 0.6) is 0 Å². The quantitative estimate of drug-likeness (QED) is 0.718. The van der Waals surface area contributed by atoms with Crippen molar-refractivity contribution in [3.63, 3.8) is 0 Å². The molecular formula is C19H16FN3O2. The lowest BCUT2D eigenvalue weighted by atomic mass is 10.2. The topological polar surface area (TPSA) is 66.6 Å². The molecule has 0 spiro atoms. The van der Waals surface area contributed by atoms with E-state index in [4.69, 9.17) is 0 Å². The van der Waals surface area contributed by atoms with Gasteiger partial charge in [0.05, 0.1) is 18.3 Å². The molecule has 2 aromatic carbocycles. The van der Waals surface area contributed by atoms with Crippen LogP contribution in [-0.4, -0.2) is 15.8 Å². The third-order valence-electron chi connectivity index (χ3n) is 3.54. The van der Waals surface area contributed by atoms with Gasteiger partial charge in [0, 0.05) is 5.69 Å². The number of carbonyl (C=O) groups is 1. The number of nitrogens with one attached hydrogen (secondary N) is 1. The third kappa shape index (κ3) is 4.32. The minimum Gasteiger partial charge on any atom is -0.427 e. The molecule has 3 rings (SSSR count). The Hall–Kier alpha value is -3.41. The summed E-state index contributed by atoms with van der Waals surface area (Å²) in [6.45, 7) is 0.419. The summed E-state index contributed by atoms with van der Waals surface area (Å²) in [4.78, 5) is 16.5. The van der Waals surface area contributed by atoms with Crippen LogP contribution in [-0.2, 0) is 6.54 Å². The van der Waals surface area contributed by atoms with Crippen molar-refractivity contribution in [1.29, 1.82) is 0 Å². The van der Waals surface area contributed by atoms with E-state index in [2.05, 4.69) is 10.3 Å². The van der Waals surface area contributed by atoms with Gasteiger partial charge in [-0.1, -0.05) is 30.3 Å². The van der Waals surface area contributed by atoms with E-state index >= 15 is 0 Å². The van der Waals surface area contributed by atoms with Gasteiger partial charge in [-0.3, -0.25) is 9.79 Å². The predicted octanol–water partition coefficient (Wildman–Crippen LogP) is 3.22. The number of aromatic nitrogens is 1. The average Bonchev–Trinajstić information content (AvgIpc) is 2.63. The second-order valence-electron chi connectivity index (χ2n) is 5.38. The van der Waals surface area contributed by atoms with Crippen molar-refractivity contribution < 1.29 is 14.4 Å². The monoisotopic (exact) mass is 337 g/mol. The summed E-state index contributed by atoms with van der Waals surface area (Å²) in [5, 5.41) is 12.6. The van der Waals surface area contributed by atoms with E-state index in [9.17, 15) is 14.4 Å². The Labute approximate surface area is 143 Å². The molecule has 0 aliphatic heterocycles. The van der Waals surface area contributed by atoms with Gasteiger partial charge < -0.3 is 10.5 Å². The number of amides is 1. The van der Waals surface area contributed by atoms with Crippen molar-refractivity contribution in [1.82, 2.24) is 4.73 Å². The first kappa shape index (κ1) is 16.4. The highest BCUT2D eigenvalue weighted by molar-refractivity contribution is 6.03. The van der Waals surface area contributed by atoms with Gasteiger partial charge in [-0.2, -0.15) is 4.73 Å². The van der Waals surface area contributed by atoms with Gasteiger partial charge in [0.15, 0.2) is 5.49 Å². The predicted molar refractivity (Wildman–Crippen MR) is 91.7 cm³/mol. The van der Waals surface area contributed by atoms with E-state index in [-0.39, 0.29) is 11.4 Å². The molecule has 1 aromatic heterocycles. The van der Waals surface area contributed by atoms with Crippen molar-refractivity contribution in [3.8, 4) is 0 Å². The fourth-order valence-electron chi connectivity index (χ4n) is 2.23. The van der Waals surface area contributed by atoms with Gasteiger partial charge in [-0.05, 0) is 42.0 Å². The third-order valence-corrected chi connectivity index (χ3v) is 3.54. The van der Waals surface area contributed by atoms with Crippen LogP contribution < -0.4 is 10.8 Å². The Balaban J connectivity index is 1.74. The van der Waals surface area contributed by atoms with Crippen LogP contribution in [0.2, 0.25) is 0 Å². The second-order valence-corrected chi connectivity index (χ2v) is 5.38.